The standard InChI is InChI=1S/C16H18N4O4S/c1-11(21)17-16-18-12(10-25-16)9-14(22)19-4-6-20(7-5-19)15(23)13-3-2-8-24-13/h2-3,8,10H,4-7,9H2,1H3,(H,17,18,21). The monoisotopic (exact) mass is 362 g/mol. The maximum absolute atomic E-state index is 12.4. The molecule has 1 saturated heterocycles. The van der Waals surface area contributed by atoms with Gasteiger partial charge in [0.05, 0.1) is 18.4 Å². The summed E-state index contributed by atoms with van der Waals surface area (Å²) in [5.74, 6) is -0.0707. The van der Waals surface area contributed by atoms with Gasteiger partial charge < -0.3 is 19.5 Å². The molecular weight excluding hydrogens is 344 g/mol. The van der Waals surface area contributed by atoms with E-state index in [9.17, 15) is 14.4 Å². The Labute approximate surface area is 148 Å². The lowest BCUT2D eigenvalue weighted by molar-refractivity contribution is -0.132. The van der Waals surface area contributed by atoms with Crippen molar-refractivity contribution in [2.24, 2.45) is 0 Å². The first-order chi connectivity index (χ1) is 12.0. The lowest BCUT2D eigenvalue weighted by Crippen LogP contribution is -2.50. The van der Waals surface area contributed by atoms with E-state index in [1.54, 1.807) is 27.3 Å². The highest BCUT2D eigenvalue weighted by atomic mass is 32.1. The quantitative estimate of drug-likeness (QED) is 0.882. The zero-order valence-electron chi connectivity index (χ0n) is 13.7. The molecule has 8 nitrogen and oxygen atoms in total. The average molecular weight is 362 g/mol. The fourth-order valence-corrected chi connectivity index (χ4v) is 3.33. The number of aromatic nitrogens is 1. The zero-order valence-corrected chi connectivity index (χ0v) is 14.5. The molecule has 0 aromatic carbocycles. The summed E-state index contributed by atoms with van der Waals surface area (Å²) in [4.78, 5) is 43.2. The van der Waals surface area contributed by atoms with E-state index in [-0.39, 0.29) is 24.1 Å². The molecule has 0 radical (unpaired) electrons. The van der Waals surface area contributed by atoms with E-state index in [0.717, 1.165) is 0 Å². The Hall–Kier alpha value is -2.68. The maximum atomic E-state index is 12.4. The Morgan fingerprint density at radius 3 is 2.60 bits per heavy atom. The summed E-state index contributed by atoms with van der Waals surface area (Å²) in [6.07, 6.45) is 1.65. The summed E-state index contributed by atoms with van der Waals surface area (Å²) in [7, 11) is 0. The predicted octanol–water partition coefficient (Wildman–Crippen LogP) is 1.22. The number of thiazole rings is 1. The Morgan fingerprint density at radius 1 is 1.24 bits per heavy atom. The van der Waals surface area contributed by atoms with Crippen LogP contribution in [-0.4, -0.2) is 58.7 Å². The minimum absolute atomic E-state index is 0.0372. The smallest absolute Gasteiger partial charge is 0.289 e. The first-order valence-electron chi connectivity index (χ1n) is 7.85. The van der Waals surface area contributed by atoms with Crippen LogP contribution in [0.1, 0.15) is 23.2 Å². The van der Waals surface area contributed by atoms with Crippen molar-refractivity contribution in [2.45, 2.75) is 13.3 Å². The van der Waals surface area contributed by atoms with Crippen molar-refractivity contribution < 1.29 is 18.8 Å². The van der Waals surface area contributed by atoms with Gasteiger partial charge in [-0.2, -0.15) is 0 Å². The van der Waals surface area contributed by atoms with Gasteiger partial charge in [-0.3, -0.25) is 14.4 Å². The van der Waals surface area contributed by atoms with Gasteiger partial charge in [0.1, 0.15) is 0 Å². The van der Waals surface area contributed by atoms with Gasteiger partial charge in [-0.15, -0.1) is 11.3 Å². The predicted molar refractivity (Wildman–Crippen MR) is 91.3 cm³/mol. The number of piperazine rings is 1. The number of furan rings is 1. The van der Waals surface area contributed by atoms with E-state index < -0.39 is 0 Å². The van der Waals surface area contributed by atoms with Gasteiger partial charge in [-0.05, 0) is 12.1 Å². The molecule has 0 saturated carbocycles. The first-order valence-corrected chi connectivity index (χ1v) is 8.73. The van der Waals surface area contributed by atoms with Crippen LogP contribution in [0.15, 0.2) is 28.2 Å². The number of nitrogens with zero attached hydrogens (tertiary/aromatic N) is 3. The summed E-state index contributed by atoms with van der Waals surface area (Å²) < 4.78 is 5.12. The molecule has 2 aromatic heterocycles. The van der Waals surface area contributed by atoms with Gasteiger partial charge in [0.2, 0.25) is 11.8 Å². The van der Waals surface area contributed by atoms with Crippen LogP contribution in [0.4, 0.5) is 5.13 Å². The Morgan fingerprint density at radius 2 is 1.96 bits per heavy atom. The zero-order chi connectivity index (χ0) is 17.8. The molecule has 9 heteroatoms. The summed E-state index contributed by atoms with van der Waals surface area (Å²) in [6, 6.07) is 3.31. The molecule has 1 fully saturated rings. The molecule has 3 amide bonds. The normalized spacial score (nSPS) is 14.4. The molecule has 1 N–H and O–H groups in total. The van der Waals surface area contributed by atoms with Crippen LogP contribution in [0, 0.1) is 0 Å². The summed E-state index contributed by atoms with van der Waals surface area (Å²) in [5, 5.41) is 4.85. The third kappa shape index (κ3) is 4.24. The van der Waals surface area contributed by atoms with Crippen molar-refractivity contribution in [1.29, 1.82) is 0 Å². The molecular formula is C16H18N4O4S. The van der Waals surface area contributed by atoms with Crippen molar-refractivity contribution in [2.75, 3.05) is 31.5 Å². The van der Waals surface area contributed by atoms with Gasteiger partial charge in [0, 0.05) is 38.5 Å². The van der Waals surface area contributed by atoms with Gasteiger partial charge in [0.25, 0.3) is 5.91 Å². The van der Waals surface area contributed by atoms with Crippen molar-refractivity contribution in [1.82, 2.24) is 14.8 Å². The lowest BCUT2D eigenvalue weighted by atomic mass is 10.2. The topological polar surface area (TPSA) is 95.8 Å². The van der Waals surface area contributed by atoms with Gasteiger partial charge in [-0.1, -0.05) is 0 Å². The molecule has 0 aliphatic carbocycles. The fraction of sp³-hybridized carbons (Fsp3) is 0.375. The summed E-state index contributed by atoms with van der Waals surface area (Å²) >= 11 is 1.29. The number of nitrogens with one attached hydrogen (secondary N) is 1. The second kappa shape index (κ2) is 7.47. The largest absolute Gasteiger partial charge is 0.459 e. The number of carbonyl (C=O) groups is 3. The van der Waals surface area contributed by atoms with Crippen molar-refractivity contribution in [3.8, 4) is 0 Å². The van der Waals surface area contributed by atoms with E-state index in [4.69, 9.17) is 4.42 Å². The van der Waals surface area contributed by atoms with Gasteiger partial charge >= 0.3 is 0 Å². The molecule has 0 spiro atoms. The van der Waals surface area contributed by atoms with Crippen LogP contribution in [0.5, 0.6) is 0 Å². The van der Waals surface area contributed by atoms with Crippen LogP contribution < -0.4 is 5.32 Å². The number of rotatable bonds is 4. The highest BCUT2D eigenvalue weighted by Gasteiger charge is 2.26. The molecule has 2 aromatic rings. The molecule has 1 aliphatic rings. The molecule has 0 bridgehead atoms. The van der Waals surface area contributed by atoms with Crippen molar-refractivity contribution in [3.05, 3.63) is 35.2 Å². The third-order valence-corrected chi connectivity index (χ3v) is 4.63. The molecule has 25 heavy (non-hydrogen) atoms. The summed E-state index contributed by atoms with van der Waals surface area (Å²) in [6.45, 7) is 3.32. The molecule has 0 atom stereocenters. The SMILES string of the molecule is CC(=O)Nc1nc(CC(=O)N2CCN(C(=O)c3ccco3)CC2)cs1. The van der Waals surface area contributed by atoms with Crippen LogP contribution in [0.3, 0.4) is 0 Å². The van der Waals surface area contributed by atoms with Gasteiger partial charge in [-0.25, -0.2) is 4.98 Å². The number of amides is 3. The second-order valence-corrected chi connectivity index (χ2v) is 6.51. The van der Waals surface area contributed by atoms with Crippen molar-refractivity contribution in [3.63, 3.8) is 0 Å². The minimum atomic E-state index is -0.190. The van der Waals surface area contributed by atoms with Crippen molar-refractivity contribution >= 4 is 34.2 Å². The Bertz CT molecular complexity index is 763. The van der Waals surface area contributed by atoms with E-state index in [0.29, 0.717) is 42.8 Å². The highest BCUT2D eigenvalue weighted by Crippen LogP contribution is 2.17. The number of anilines is 1. The fourth-order valence-electron chi connectivity index (χ4n) is 2.58. The van der Waals surface area contributed by atoms with E-state index in [2.05, 4.69) is 10.3 Å². The van der Waals surface area contributed by atoms with Crippen LogP contribution in [0.2, 0.25) is 0 Å². The van der Waals surface area contributed by atoms with E-state index >= 15 is 0 Å². The Balaban J connectivity index is 1.50. The highest BCUT2D eigenvalue weighted by molar-refractivity contribution is 7.13. The molecule has 0 unspecified atom stereocenters. The van der Waals surface area contributed by atoms with Crippen LogP contribution in [0.25, 0.3) is 0 Å². The van der Waals surface area contributed by atoms with Crippen LogP contribution >= 0.6 is 11.3 Å². The molecule has 3 rings (SSSR count). The lowest BCUT2D eigenvalue weighted by Gasteiger charge is -2.34. The maximum Gasteiger partial charge on any atom is 0.289 e. The van der Waals surface area contributed by atoms with Crippen LogP contribution in [-0.2, 0) is 16.0 Å². The molecule has 132 valence electrons. The average Bonchev–Trinajstić information content (AvgIpc) is 3.26. The number of hydrogen-bond acceptors (Lipinski definition) is 6. The van der Waals surface area contributed by atoms with Gasteiger partial charge in [0.15, 0.2) is 10.9 Å². The first kappa shape index (κ1) is 17.2. The second-order valence-electron chi connectivity index (χ2n) is 5.65. The van der Waals surface area contributed by atoms with E-state index in [1.807, 2.05) is 0 Å². The Kier molecular flexibility index (Phi) is 5.13. The number of hydrogen-bond donors (Lipinski definition) is 1. The van der Waals surface area contributed by atoms with E-state index in [1.165, 1.54) is 24.5 Å². The minimum Gasteiger partial charge on any atom is -0.459 e. The molecule has 1 aliphatic heterocycles. The number of carbonyl (C=O) groups excluding carboxylic acids is 3. The summed E-state index contributed by atoms with van der Waals surface area (Å²) in [5.41, 5.74) is 0.632. The molecule has 3 heterocycles. The third-order valence-electron chi connectivity index (χ3n) is 3.82.